The number of nitrogens with one attached hydrogen (secondary N) is 1. The molecule has 19 heavy (non-hydrogen) atoms. The second kappa shape index (κ2) is 6.37. The summed E-state index contributed by atoms with van der Waals surface area (Å²) in [5, 5.41) is 12.5. The van der Waals surface area contributed by atoms with E-state index in [2.05, 4.69) is 5.32 Å². The van der Waals surface area contributed by atoms with Crippen LogP contribution in [0, 0.1) is 0 Å². The lowest BCUT2D eigenvalue weighted by molar-refractivity contribution is -0.148. The lowest BCUT2D eigenvalue weighted by Gasteiger charge is -2.30. The van der Waals surface area contributed by atoms with Crippen LogP contribution in [0.25, 0.3) is 0 Å². The molecule has 2 atom stereocenters. The number of amides is 1. The predicted octanol–water partition coefficient (Wildman–Crippen LogP) is 1.37. The number of rotatable bonds is 4. The van der Waals surface area contributed by atoms with Crippen LogP contribution in [0.2, 0.25) is 0 Å². The van der Waals surface area contributed by atoms with Crippen molar-refractivity contribution >= 4 is 11.9 Å². The summed E-state index contributed by atoms with van der Waals surface area (Å²) in [6.07, 6.45) is 7.35. The van der Waals surface area contributed by atoms with E-state index in [-0.39, 0.29) is 11.9 Å². The topological polar surface area (TPSA) is 69.6 Å². The van der Waals surface area contributed by atoms with Crippen LogP contribution < -0.4 is 5.32 Å². The second-order valence-corrected chi connectivity index (χ2v) is 5.75. The van der Waals surface area contributed by atoms with Crippen LogP contribution in [-0.2, 0) is 9.59 Å². The summed E-state index contributed by atoms with van der Waals surface area (Å²) in [7, 11) is 0. The van der Waals surface area contributed by atoms with E-state index in [9.17, 15) is 9.59 Å². The van der Waals surface area contributed by atoms with Crippen molar-refractivity contribution in [2.45, 2.75) is 70.0 Å². The highest BCUT2D eigenvalue weighted by atomic mass is 16.4. The van der Waals surface area contributed by atoms with Gasteiger partial charge in [0.1, 0.15) is 6.04 Å². The molecule has 2 N–H and O–H groups in total. The molecule has 1 heterocycles. The number of nitrogens with zero attached hydrogens (tertiary/aromatic N) is 1. The molecule has 5 heteroatoms. The summed E-state index contributed by atoms with van der Waals surface area (Å²) in [6.45, 7) is 2.43. The Kier molecular flexibility index (Phi) is 4.80. The number of carboxylic acid groups (broad SMARTS) is 1. The third kappa shape index (κ3) is 3.47. The van der Waals surface area contributed by atoms with E-state index in [0.717, 1.165) is 19.3 Å². The third-order valence-corrected chi connectivity index (χ3v) is 4.28. The normalized spacial score (nSPS) is 26.4. The zero-order chi connectivity index (χ0) is 13.8. The second-order valence-electron chi connectivity index (χ2n) is 5.75. The molecule has 2 aliphatic rings. The first-order valence-electron chi connectivity index (χ1n) is 7.39. The number of hydrogen-bond donors (Lipinski definition) is 2. The summed E-state index contributed by atoms with van der Waals surface area (Å²) in [4.78, 5) is 25.0. The van der Waals surface area contributed by atoms with E-state index >= 15 is 0 Å². The zero-order valence-electron chi connectivity index (χ0n) is 11.6. The molecule has 1 saturated heterocycles. The quantitative estimate of drug-likeness (QED) is 0.808. The van der Waals surface area contributed by atoms with Gasteiger partial charge in [0.05, 0.1) is 6.04 Å². The fraction of sp³-hybridized carbons (Fsp3) is 0.857. The number of carbonyl (C=O) groups is 2. The smallest absolute Gasteiger partial charge is 0.326 e. The average molecular weight is 268 g/mol. The van der Waals surface area contributed by atoms with Crippen LogP contribution in [0.1, 0.15) is 51.9 Å². The Morgan fingerprint density at radius 2 is 1.84 bits per heavy atom. The molecule has 1 saturated carbocycles. The fourth-order valence-corrected chi connectivity index (χ4v) is 3.23. The summed E-state index contributed by atoms with van der Waals surface area (Å²) in [5.74, 6) is -0.939. The van der Waals surface area contributed by atoms with Crippen LogP contribution in [-0.4, -0.2) is 46.6 Å². The molecule has 108 valence electrons. The van der Waals surface area contributed by atoms with Gasteiger partial charge < -0.3 is 15.3 Å². The molecular formula is C14H24N2O3. The fourth-order valence-electron chi connectivity index (χ4n) is 3.23. The Hall–Kier alpha value is -1.10. The lowest BCUT2D eigenvalue weighted by atomic mass is 9.95. The zero-order valence-corrected chi connectivity index (χ0v) is 11.6. The highest BCUT2D eigenvalue weighted by Gasteiger charge is 2.36. The van der Waals surface area contributed by atoms with E-state index in [1.807, 2.05) is 6.92 Å². The number of aliphatic carboxylic acids is 1. The van der Waals surface area contributed by atoms with Crippen molar-refractivity contribution in [1.29, 1.82) is 0 Å². The maximum atomic E-state index is 12.3. The monoisotopic (exact) mass is 268 g/mol. The van der Waals surface area contributed by atoms with Gasteiger partial charge in [-0.1, -0.05) is 19.3 Å². The number of likely N-dealkylation sites (tertiary alicyclic amines) is 1. The van der Waals surface area contributed by atoms with Gasteiger partial charge >= 0.3 is 5.97 Å². The largest absolute Gasteiger partial charge is 0.480 e. The molecule has 0 radical (unpaired) electrons. The van der Waals surface area contributed by atoms with Gasteiger partial charge in [-0.05, 0) is 32.6 Å². The van der Waals surface area contributed by atoms with Crippen LogP contribution in [0.15, 0.2) is 0 Å². The minimum Gasteiger partial charge on any atom is -0.480 e. The van der Waals surface area contributed by atoms with Crippen molar-refractivity contribution in [3.05, 3.63) is 0 Å². The average Bonchev–Trinajstić information content (AvgIpc) is 2.88. The third-order valence-electron chi connectivity index (χ3n) is 4.28. The van der Waals surface area contributed by atoms with Crippen molar-refractivity contribution in [3.63, 3.8) is 0 Å². The van der Waals surface area contributed by atoms with E-state index in [1.54, 1.807) is 0 Å². The van der Waals surface area contributed by atoms with Crippen molar-refractivity contribution < 1.29 is 14.7 Å². The molecule has 5 nitrogen and oxygen atoms in total. The molecular weight excluding hydrogens is 244 g/mol. The first kappa shape index (κ1) is 14.3. The van der Waals surface area contributed by atoms with E-state index in [4.69, 9.17) is 5.11 Å². The minimum absolute atomic E-state index is 0.0597. The van der Waals surface area contributed by atoms with E-state index < -0.39 is 12.0 Å². The first-order valence-corrected chi connectivity index (χ1v) is 7.39. The SMILES string of the molecule is C[C@@H](NC1CCCCC1)C(=O)N1CCC[C@H]1C(=O)O. The van der Waals surface area contributed by atoms with Gasteiger partial charge in [0, 0.05) is 12.6 Å². The van der Waals surface area contributed by atoms with Crippen LogP contribution in [0.4, 0.5) is 0 Å². The Morgan fingerprint density at radius 3 is 2.47 bits per heavy atom. The summed E-state index contributed by atoms with van der Waals surface area (Å²) >= 11 is 0. The number of hydrogen-bond acceptors (Lipinski definition) is 3. The van der Waals surface area contributed by atoms with Gasteiger partial charge in [-0.2, -0.15) is 0 Å². The van der Waals surface area contributed by atoms with Crippen LogP contribution >= 0.6 is 0 Å². The number of carbonyl (C=O) groups excluding carboxylic acids is 1. The Morgan fingerprint density at radius 1 is 1.16 bits per heavy atom. The molecule has 0 spiro atoms. The number of carboxylic acids is 1. The molecule has 2 rings (SSSR count). The molecule has 0 aromatic carbocycles. The molecule has 1 aliphatic carbocycles. The van der Waals surface area contributed by atoms with Gasteiger partial charge in [0.25, 0.3) is 0 Å². The Bertz CT molecular complexity index is 340. The van der Waals surface area contributed by atoms with Crippen LogP contribution in [0.3, 0.4) is 0 Å². The molecule has 1 amide bonds. The van der Waals surface area contributed by atoms with E-state index in [1.165, 1.54) is 24.2 Å². The van der Waals surface area contributed by atoms with Crippen molar-refractivity contribution in [1.82, 2.24) is 10.2 Å². The maximum absolute atomic E-state index is 12.3. The molecule has 0 unspecified atom stereocenters. The van der Waals surface area contributed by atoms with Crippen molar-refractivity contribution in [2.75, 3.05) is 6.54 Å². The highest BCUT2D eigenvalue weighted by Crippen LogP contribution is 2.20. The first-order chi connectivity index (χ1) is 9.09. The van der Waals surface area contributed by atoms with Gasteiger partial charge in [0.2, 0.25) is 5.91 Å². The summed E-state index contributed by atoms with van der Waals surface area (Å²) in [5.41, 5.74) is 0. The maximum Gasteiger partial charge on any atom is 0.326 e. The molecule has 0 aromatic rings. The molecule has 0 aromatic heterocycles. The molecule has 1 aliphatic heterocycles. The van der Waals surface area contributed by atoms with Gasteiger partial charge in [0.15, 0.2) is 0 Å². The van der Waals surface area contributed by atoms with E-state index in [0.29, 0.717) is 19.0 Å². The van der Waals surface area contributed by atoms with Gasteiger partial charge in [-0.3, -0.25) is 4.79 Å². The standard InChI is InChI=1S/C14H24N2O3/c1-10(15-11-6-3-2-4-7-11)13(17)16-9-5-8-12(16)14(18)19/h10-12,15H,2-9H2,1H3,(H,18,19)/t10-,12+/m1/s1. The minimum atomic E-state index is -0.879. The Labute approximate surface area is 114 Å². The van der Waals surface area contributed by atoms with Gasteiger partial charge in [-0.15, -0.1) is 0 Å². The highest BCUT2D eigenvalue weighted by molar-refractivity contribution is 5.87. The Balaban J connectivity index is 1.89. The molecule has 2 fully saturated rings. The van der Waals surface area contributed by atoms with Crippen LogP contribution in [0.5, 0.6) is 0 Å². The lowest BCUT2D eigenvalue weighted by Crippen LogP contribution is -2.51. The summed E-state index contributed by atoms with van der Waals surface area (Å²) in [6, 6.07) is -0.482. The van der Waals surface area contributed by atoms with Crippen molar-refractivity contribution in [3.8, 4) is 0 Å². The summed E-state index contributed by atoms with van der Waals surface area (Å²) < 4.78 is 0. The molecule has 0 bridgehead atoms. The van der Waals surface area contributed by atoms with Gasteiger partial charge in [-0.25, -0.2) is 4.79 Å². The predicted molar refractivity (Wildman–Crippen MR) is 71.8 cm³/mol. The van der Waals surface area contributed by atoms with Crippen molar-refractivity contribution in [2.24, 2.45) is 0 Å².